The molecule has 0 heterocycles. The maximum atomic E-state index is 9.32. The van der Waals surface area contributed by atoms with Gasteiger partial charge in [-0.15, -0.1) is 0 Å². The zero-order valence-corrected chi connectivity index (χ0v) is 18.2. The van der Waals surface area contributed by atoms with Crippen LogP contribution < -0.4 is 144 Å². The quantitative estimate of drug-likeness (QED) is 0.384. The molecule has 0 rings (SSSR count). The normalized spacial score (nSPS) is 8.86. The molecule has 0 aliphatic heterocycles. The second-order valence-electron chi connectivity index (χ2n) is 0.976. The van der Waals surface area contributed by atoms with Crippen LogP contribution in [0.2, 0.25) is 0 Å². The van der Waals surface area contributed by atoms with Crippen LogP contribution in [0.3, 0.4) is 0 Å². The van der Waals surface area contributed by atoms with Crippen molar-refractivity contribution in [2.45, 2.75) is 0 Å². The predicted octanol–water partition coefficient (Wildman–Crippen LogP) is -15.2. The molecule has 0 saturated carbocycles. The topological polar surface area (TPSA) is 171 Å². The largest absolute Gasteiger partial charge is 1.00 e. The van der Waals surface area contributed by atoms with Gasteiger partial charge in [-0.1, -0.05) is 0 Å². The molecule has 0 atom stereocenters. The maximum Gasteiger partial charge on any atom is 1.00 e. The summed E-state index contributed by atoms with van der Waals surface area (Å²) in [6, 6.07) is 0. The molecule has 0 amide bonds. The van der Waals surface area contributed by atoms with Crippen molar-refractivity contribution < 1.29 is 151 Å². The van der Waals surface area contributed by atoms with Crippen LogP contribution in [0.1, 0.15) is 0 Å². The molecular weight excluding hydrogens is 280 g/mol. The molecule has 14 heteroatoms. The smallest absolute Gasteiger partial charge is 0.790 e. The third-order valence-electron chi connectivity index (χ3n) is 0.200. The number of rotatable bonds is 2. The molecule has 0 aliphatic carbocycles. The van der Waals surface area contributed by atoms with Gasteiger partial charge in [0.15, 0.2) is 0 Å². The second-order valence-corrected chi connectivity index (χ2v) is 3.42. The Kier molecular flexibility index (Phi) is 39.5. The van der Waals surface area contributed by atoms with Gasteiger partial charge in [-0.3, -0.25) is 0 Å². The molecule has 14 heavy (non-hydrogen) atoms. The van der Waals surface area contributed by atoms with Crippen LogP contribution >= 0.6 is 15.6 Å². The molecule has 0 aromatic carbocycles. The van der Waals surface area contributed by atoms with Gasteiger partial charge >= 0.3 is 118 Å². The summed E-state index contributed by atoms with van der Waals surface area (Å²) < 4.78 is 21.2. The first-order chi connectivity index (χ1) is 3.71. The first kappa shape index (κ1) is 36.2. The summed E-state index contributed by atoms with van der Waals surface area (Å²) in [6.07, 6.45) is 0. The summed E-state index contributed by atoms with van der Waals surface area (Å²) >= 11 is 0. The van der Waals surface area contributed by atoms with E-state index in [-0.39, 0.29) is 124 Å². The van der Waals surface area contributed by atoms with Crippen molar-refractivity contribution in [1.29, 1.82) is 0 Å². The Hall–Kier alpha value is 4.22. The molecule has 0 aliphatic rings. The van der Waals surface area contributed by atoms with Gasteiger partial charge in [-0.05, 0) is 0 Å². The van der Waals surface area contributed by atoms with Crippen molar-refractivity contribution in [3.63, 3.8) is 0 Å². The first-order valence-corrected chi connectivity index (χ1v) is 4.38. The third-order valence-corrected chi connectivity index (χ3v) is 1.80. The standard InChI is InChI=1S/H3N.4Na.H4O7P2/c;;;;;1-8(2,3)7-9(4,5)6/h1H3;;;;;(H2,1,2,3)(H2,4,5,6)/q;4*+1;/p-4. The van der Waals surface area contributed by atoms with Gasteiger partial charge in [0.05, 0.1) is 15.6 Å². The minimum absolute atomic E-state index is 0. The zero-order valence-electron chi connectivity index (χ0n) is 8.46. The van der Waals surface area contributed by atoms with Crippen LogP contribution in [0, 0.1) is 0 Å². The zero-order chi connectivity index (χ0) is 7.71. The van der Waals surface area contributed by atoms with E-state index in [0.717, 1.165) is 0 Å². The third kappa shape index (κ3) is 36.0. The van der Waals surface area contributed by atoms with E-state index in [1.165, 1.54) is 0 Å². The first-order valence-electron chi connectivity index (χ1n) is 1.46. The molecule has 0 fully saturated rings. The Morgan fingerprint density at radius 1 is 0.714 bits per heavy atom. The Morgan fingerprint density at radius 2 is 0.857 bits per heavy atom. The van der Waals surface area contributed by atoms with Gasteiger partial charge in [-0.2, -0.15) is 0 Å². The summed E-state index contributed by atoms with van der Waals surface area (Å²) in [5.41, 5.74) is 0. The van der Waals surface area contributed by atoms with Gasteiger partial charge in [0, 0.05) is 0 Å². The molecule has 0 saturated heterocycles. The van der Waals surface area contributed by atoms with Crippen LogP contribution in [0.4, 0.5) is 0 Å². The summed E-state index contributed by atoms with van der Waals surface area (Å²) in [6.45, 7) is 0. The van der Waals surface area contributed by atoms with E-state index in [1.54, 1.807) is 0 Å². The Labute approximate surface area is 170 Å². The van der Waals surface area contributed by atoms with Crippen molar-refractivity contribution in [3.8, 4) is 0 Å². The molecule has 0 unspecified atom stereocenters. The molecule has 0 spiro atoms. The van der Waals surface area contributed by atoms with E-state index in [0.29, 0.717) is 0 Å². The van der Waals surface area contributed by atoms with E-state index in [1.807, 2.05) is 0 Å². The minimum Gasteiger partial charge on any atom is -0.790 e. The Morgan fingerprint density at radius 3 is 0.857 bits per heavy atom. The van der Waals surface area contributed by atoms with Crippen molar-refractivity contribution in [1.82, 2.24) is 6.15 Å². The Balaban J connectivity index is -0.0000000320. The van der Waals surface area contributed by atoms with Gasteiger partial charge in [0.1, 0.15) is 0 Å². The Bertz CT molecular complexity index is 164. The molecule has 0 aromatic rings. The van der Waals surface area contributed by atoms with Gasteiger partial charge in [0.2, 0.25) is 0 Å². The van der Waals surface area contributed by atoms with Crippen molar-refractivity contribution in [3.05, 3.63) is 0 Å². The predicted molar refractivity (Wildman–Crippen MR) is 21.3 cm³/mol. The molecule has 0 bridgehead atoms. The van der Waals surface area contributed by atoms with Gasteiger partial charge in [0.25, 0.3) is 0 Å². The second kappa shape index (κ2) is 15.3. The summed E-state index contributed by atoms with van der Waals surface area (Å²) in [7, 11) is -11.4. The minimum atomic E-state index is -5.68. The molecule has 0 radical (unpaired) electrons. The van der Waals surface area contributed by atoms with Gasteiger partial charge < -0.3 is 39.2 Å². The van der Waals surface area contributed by atoms with Gasteiger partial charge in [-0.25, -0.2) is 0 Å². The summed E-state index contributed by atoms with van der Waals surface area (Å²) in [4.78, 5) is 37.3. The molecule has 0 aromatic heterocycles. The molecular formula is H3NNa4O7P2. The summed E-state index contributed by atoms with van der Waals surface area (Å²) in [5, 5.41) is 0. The SMILES string of the molecule is N.O=P([O-])([O-])OP(=O)([O-])[O-].[Na+].[Na+].[Na+].[Na+]. The summed E-state index contributed by atoms with van der Waals surface area (Å²) in [5.74, 6) is 0. The number of hydrogen-bond donors (Lipinski definition) is 1. The monoisotopic (exact) mass is 283 g/mol. The number of hydrogen-bond acceptors (Lipinski definition) is 8. The van der Waals surface area contributed by atoms with Crippen LogP contribution in [0.15, 0.2) is 0 Å². The van der Waals surface area contributed by atoms with Crippen molar-refractivity contribution in [2.24, 2.45) is 0 Å². The number of phosphoric acid groups is 2. The molecule has 3 N–H and O–H groups in total. The average Bonchev–Trinajstić information content (AvgIpc) is 1.14. The van der Waals surface area contributed by atoms with Crippen LogP contribution in [-0.2, 0) is 13.4 Å². The van der Waals surface area contributed by atoms with E-state index in [9.17, 15) is 28.7 Å². The fourth-order valence-corrected chi connectivity index (χ4v) is 1.10. The van der Waals surface area contributed by atoms with Crippen LogP contribution in [0.5, 0.6) is 0 Å². The molecule has 8 nitrogen and oxygen atoms in total. The van der Waals surface area contributed by atoms with Crippen molar-refractivity contribution in [2.75, 3.05) is 0 Å². The molecule has 64 valence electrons. The van der Waals surface area contributed by atoms with Crippen LogP contribution in [-0.4, -0.2) is 0 Å². The average molecular weight is 283 g/mol. The van der Waals surface area contributed by atoms with E-state index in [4.69, 9.17) is 0 Å². The fourth-order valence-electron chi connectivity index (χ4n) is 0.122. The fraction of sp³-hybridized carbons (Fsp3) is 0. The maximum absolute atomic E-state index is 9.32. The van der Waals surface area contributed by atoms with Crippen LogP contribution in [0.25, 0.3) is 0 Å². The van der Waals surface area contributed by atoms with Crippen molar-refractivity contribution >= 4 is 15.6 Å². The van der Waals surface area contributed by atoms with E-state index < -0.39 is 15.6 Å². The van der Waals surface area contributed by atoms with E-state index >= 15 is 0 Å². The van der Waals surface area contributed by atoms with E-state index in [2.05, 4.69) is 4.31 Å².